The van der Waals surface area contributed by atoms with Gasteiger partial charge in [0.25, 0.3) is 0 Å². The number of rotatable bonds is 3. The first-order chi connectivity index (χ1) is 9.28. The summed E-state index contributed by atoms with van der Waals surface area (Å²) in [6.07, 6.45) is 4.53. The van der Waals surface area contributed by atoms with Crippen LogP contribution in [-0.4, -0.2) is 27.3 Å². The summed E-state index contributed by atoms with van der Waals surface area (Å²) < 4.78 is 11.1. The first kappa shape index (κ1) is 11.4. The number of hydrogen-bond acceptors (Lipinski definition) is 7. The fourth-order valence-electron chi connectivity index (χ4n) is 2.96. The number of thiazole rings is 1. The van der Waals surface area contributed by atoms with E-state index in [1.807, 2.05) is 5.38 Å². The molecule has 7 heteroatoms. The molecule has 2 aromatic rings. The van der Waals surface area contributed by atoms with Crippen molar-refractivity contribution in [3.63, 3.8) is 0 Å². The maximum absolute atomic E-state index is 5.82. The van der Waals surface area contributed by atoms with E-state index < -0.39 is 0 Å². The van der Waals surface area contributed by atoms with Crippen LogP contribution in [0.15, 0.2) is 9.90 Å². The second kappa shape index (κ2) is 4.28. The quantitative estimate of drug-likeness (QED) is 0.920. The highest BCUT2D eigenvalue weighted by molar-refractivity contribution is 7.13. The van der Waals surface area contributed by atoms with Crippen molar-refractivity contribution in [3.05, 3.63) is 22.8 Å². The maximum atomic E-state index is 5.82. The maximum Gasteiger partial charge on any atom is 0.232 e. The fourth-order valence-corrected chi connectivity index (χ4v) is 3.52. The Labute approximate surface area is 114 Å². The lowest BCUT2D eigenvalue weighted by atomic mass is 9.89. The third kappa shape index (κ3) is 2.02. The summed E-state index contributed by atoms with van der Waals surface area (Å²) in [6, 6.07) is 0. The molecule has 4 heterocycles. The van der Waals surface area contributed by atoms with Gasteiger partial charge in [-0.1, -0.05) is 5.16 Å². The smallest absolute Gasteiger partial charge is 0.232 e. The monoisotopic (exact) mass is 278 g/mol. The number of aromatic nitrogens is 3. The molecule has 2 aliphatic rings. The van der Waals surface area contributed by atoms with Crippen molar-refractivity contribution >= 4 is 16.5 Å². The highest BCUT2D eigenvalue weighted by Gasteiger charge is 2.43. The predicted octanol–water partition coefficient (Wildman–Crippen LogP) is 1.73. The molecule has 2 aromatic heterocycles. The molecule has 3 atom stereocenters. The lowest BCUT2D eigenvalue weighted by Gasteiger charge is -2.13. The zero-order valence-electron chi connectivity index (χ0n) is 10.3. The van der Waals surface area contributed by atoms with Gasteiger partial charge in [0.1, 0.15) is 0 Å². The van der Waals surface area contributed by atoms with E-state index in [0.29, 0.717) is 29.5 Å². The van der Waals surface area contributed by atoms with Gasteiger partial charge in [0.2, 0.25) is 5.89 Å². The fraction of sp³-hybridized carbons (Fsp3) is 0.583. The molecule has 2 bridgehead atoms. The molecule has 2 aliphatic heterocycles. The van der Waals surface area contributed by atoms with E-state index in [1.165, 1.54) is 17.8 Å². The summed E-state index contributed by atoms with van der Waals surface area (Å²) >= 11 is 1.42. The van der Waals surface area contributed by atoms with E-state index >= 15 is 0 Å². The molecular formula is C12H14N4O2S. The Morgan fingerprint density at radius 2 is 2.32 bits per heavy atom. The van der Waals surface area contributed by atoms with Crippen LogP contribution < -0.4 is 5.73 Å². The minimum atomic E-state index is 0.283. The Bertz CT molecular complexity index is 596. The average Bonchev–Trinajstić information content (AvgIpc) is 3.13. The van der Waals surface area contributed by atoms with Crippen LogP contribution in [0.2, 0.25) is 0 Å². The molecule has 19 heavy (non-hydrogen) atoms. The minimum Gasteiger partial charge on any atom is -0.375 e. The van der Waals surface area contributed by atoms with Crippen molar-refractivity contribution in [2.75, 3.05) is 5.73 Å². The van der Waals surface area contributed by atoms with Gasteiger partial charge < -0.3 is 15.0 Å². The van der Waals surface area contributed by atoms with Gasteiger partial charge in [0, 0.05) is 5.38 Å². The number of fused-ring (bicyclic) bond motifs is 2. The zero-order valence-corrected chi connectivity index (χ0v) is 11.1. The van der Waals surface area contributed by atoms with Crippen LogP contribution in [0.5, 0.6) is 0 Å². The van der Waals surface area contributed by atoms with Crippen LogP contribution in [0.4, 0.5) is 5.13 Å². The van der Waals surface area contributed by atoms with Crippen molar-refractivity contribution in [1.29, 1.82) is 0 Å². The molecule has 0 amide bonds. The molecule has 2 N–H and O–H groups in total. The summed E-state index contributed by atoms with van der Waals surface area (Å²) in [7, 11) is 0. The van der Waals surface area contributed by atoms with Crippen molar-refractivity contribution in [2.45, 2.75) is 43.8 Å². The van der Waals surface area contributed by atoms with E-state index in [9.17, 15) is 0 Å². The van der Waals surface area contributed by atoms with Gasteiger partial charge in [0.15, 0.2) is 11.0 Å². The number of nitrogens with zero attached hydrogens (tertiary/aromatic N) is 3. The number of nitrogens with two attached hydrogens (primary N) is 1. The third-order valence-corrected chi connectivity index (χ3v) is 4.55. The Morgan fingerprint density at radius 3 is 3.00 bits per heavy atom. The summed E-state index contributed by atoms with van der Waals surface area (Å²) in [6.45, 7) is 0. The molecule has 6 nitrogen and oxygen atoms in total. The molecule has 0 saturated carbocycles. The van der Waals surface area contributed by atoms with Gasteiger partial charge in [-0.05, 0) is 19.3 Å². The van der Waals surface area contributed by atoms with Gasteiger partial charge >= 0.3 is 0 Å². The molecule has 3 unspecified atom stereocenters. The van der Waals surface area contributed by atoms with E-state index in [4.69, 9.17) is 15.0 Å². The van der Waals surface area contributed by atoms with Crippen LogP contribution in [0, 0.1) is 0 Å². The molecule has 0 radical (unpaired) electrons. The van der Waals surface area contributed by atoms with Gasteiger partial charge in [-0.15, -0.1) is 11.3 Å². The second-order valence-corrected chi connectivity index (χ2v) is 6.01. The first-order valence-corrected chi connectivity index (χ1v) is 7.34. The van der Waals surface area contributed by atoms with Gasteiger partial charge in [-0.3, -0.25) is 0 Å². The summed E-state index contributed by atoms with van der Waals surface area (Å²) in [5, 5.41) is 6.58. The van der Waals surface area contributed by atoms with Gasteiger partial charge in [0.05, 0.1) is 30.2 Å². The Hall–Kier alpha value is -1.47. The normalized spacial score (nSPS) is 29.2. The van der Waals surface area contributed by atoms with Crippen LogP contribution in [0.1, 0.15) is 42.6 Å². The standard InChI is InChI=1S/C12H14N4O2S/c13-12-14-6(5-19-12)3-10-15-11(16-18-10)8-4-7-1-2-9(8)17-7/h5,7-9H,1-4H2,(H2,13,14). The minimum absolute atomic E-state index is 0.283. The predicted molar refractivity (Wildman–Crippen MR) is 68.9 cm³/mol. The van der Waals surface area contributed by atoms with E-state index in [1.54, 1.807) is 0 Å². The molecule has 0 aromatic carbocycles. The summed E-state index contributed by atoms with van der Waals surface area (Å²) in [5.74, 6) is 1.69. The highest BCUT2D eigenvalue weighted by Crippen LogP contribution is 2.43. The van der Waals surface area contributed by atoms with Crippen molar-refractivity contribution in [3.8, 4) is 0 Å². The van der Waals surface area contributed by atoms with Crippen molar-refractivity contribution < 1.29 is 9.26 Å². The Balaban J connectivity index is 1.50. The third-order valence-electron chi connectivity index (χ3n) is 3.82. The molecular weight excluding hydrogens is 264 g/mol. The summed E-state index contributed by atoms with van der Waals surface area (Å²) in [5.41, 5.74) is 6.48. The molecule has 2 fully saturated rings. The molecule has 2 saturated heterocycles. The van der Waals surface area contributed by atoms with E-state index in [0.717, 1.165) is 24.4 Å². The second-order valence-electron chi connectivity index (χ2n) is 5.12. The first-order valence-electron chi connectivity index (χ1n) is 6.46. The molecule has 100 valence electrons. The Kier molecular flexibility index (Phi) is 2.56. The van der Waals surface area contributed by atoms with Crippen LogP contribution in [0.3, 0.4) is 0 Å². The van der Waals surface area contributed by atoms with E-state index in [2.05, 4.69) is 15.1 Å². The van der Waals surface area contributed by atoms with E-state index in [-0.39, 0.29) is 6.10 Å². The number of ether oxygens (including phenoxy) is 1. The van der Waals surface area contributed by atoms with Gasteiger partial charge in [-0.25, -0.2) is 4.98 Å². The number of hydrogen-bond donors (Lipinski definition) is 1. The van der Waals surface area contributed by atoms with Crippen LogP contribution >= 0.6 is 11.3 Å². The van der Waals surface area contributed by atoms with Crippen LogP contribution in [0.25, 0.3) is 0 Å². The summed E-state index contributed by atoms with van der Waals surface area (Å²) in [4.78, 5) is 8.68. The number of anilines is 1. The SMILES string of the molecule is Nc1nc(Cc2nc(C3CC4CCC3O4)no2)cs1. The van der Waals surface area contributed by atoms with Crippen molar-refractivity contribution in [1.82, 2.24) is 15.1 Å². The lowest BCUT2D eigenvalue weighted by Crippen LogP contribution is -2.15. The lowest BCUT2D eigenvalue weighted by molar-refractivity contribution is 0.0996. The Morgan fingerprint density at radius 1 is 1.37 bits per heavy atom. The molecule has 4 rings (SSSR count). The number of nitrogen functional groups attached to an aromatic ring is 1. The average molecular weight is 278 g/mol. The molecule has 0 spiro atoms. The van der Waals surface area contributed by atoms with Crippen LogP contribution in [-0.2, 0) is 11.2 Å². The highest BCUT2D eigenvalue weighted by atomic mass is 32.1. The van der Waals surface area contributed by atoms with Gasteiger partial charge in [-0.2, -0.15) is 4.98 Å². The zero-order chi connectivity index (χ0) is 12.8. The largest absolute Gasteiger partial charge is 0.375 e. The molecule has 0 aliphatic carbocycles. The van der Waals surface area contributed by atoms with Crippen molar-refractivity contribution in [2.24, 2.45) is 0 Å². The topological polar surface area (TPSA) is 87.1 Å².